The molecule has 0 saturated heterocycles. The Bertz CT molecular complexity index is 1910. The first-order chi connectivity index (χ1) is 27.2. The van der Waals surface area contributed by atoms with Crippen LogP contribution in [0.25, 0.3) is 11.5 Å². The summed E-state index contributed by atoms with van der Waals surface area (Å²) in [7, 11) is -1.60. The Morgan fingerprint density at radius 2 is 1.10 bits per heavy atom. The van der Waals surface area contributed by atoms with E-state index in [2.05, 4.69) is 24.4 Å². The number of methoxy groups -OCH3 is 2. The number of aromatic hydroxyl groups is 1. The third kappa shape index (κ3) is 10.3. The number of ether oxygens (including phenoxy) is 2. The molecule has 6 atom stereocenters. The van der Waals surface area contributed by atoms with E-state index >= 15 is 0 Å². The standard InChI is InChI=1S/C24H33O5P.C24H32O2.2Na/c1-3-8-18-19-11-4-5-12-20(19)22-14-7-13-21(18)23(22)24(28-2)16-9-6-10-17(15-16)29-30(25,26)27;1-3-8-18-19-11-4-5-12-20(19)22-14-7-13-21(18)23(22)24(26-2)16-9-6-10-17(25)15-16;;/h6,9-10,15,18,21-22H,3-5,7-8,11-14H2,1-2H3,(H2,25,26,27);6,9-10,15,18,21-22,25H,3-5,7-8,11-14H2,1-2H3;;/q;;2*+1/p-2/b2*24-23+;;. The molecule has 304 valence electrons. The molecule has 0 spiro atoms. The van der Waals surface area contributed by atoms with Crippen molar-refractivity contribution in [2.45, 2.75) is 129 Å². The molecule has 2 aromatic carbocycles. The molecule has 6 aliphatic carbocycles. The maximum absolute atomic E-state index is 11.1. The van der Waals surface area contributed by atoms with Crippen LogP contribution in [0.15, 0.2) is 82.0 Å². The van der Waals surface area contributed by atoms with Gasteiger partial charge in [0.15, 0.2) is 0 Å². The van der Waals surface area contributed by atoms with Gasteiger partial charge >= 0.3 is 59.1 Å². The van der Waals surface area contributed by atoms with E-state index < -0.39 is 7.82 Å². The Hall–Kier alpha value is -1.25. The summed E-state index contributed by atoms with van der Waals surface area (Å²) in [5, 5.41) is 9.99. The minimum absolute atomic E-state index is 0. The molecule has 4 bridgehead atoms. The second-order valence-corrected chi connectivity index (χ2v) is 18.2. The van der Waals surface area contributed by atoms with Crippen molar-refractivity contribution in [3.05, 3.63) is 93.1 Å². The van der Waals surface area contributed by atoms with Crippen molar-refractivity contribution in [1.29, 1.82) is 0 Å². The van der Waals surface area contributed by atoms with Gasteiger partial charge in [-0.15, -0.1) is 0 Å². The zero-order chi connectivity index (χ0) is 39.4. The second kappa shape index (κ2) is 21.7. The van der Waals surface area contributed by atoms with Crippen molar-refractivity contribution < 1.29 is 92.6 Å². The van der Waals surface area contributed by atoms with Crippen molar-refractivity contribution >= 4 is 19.3 Å². The number of hydrogen-bond acceptors (Lipinski definition) is 7. The molecule has 8 rings (SSSR count). The topological polar surface area (TPSA) is 111 Å². The molecule has 0 amide bonds. The van der Waals surface area contributed by atoms with E-state index in [0.29, 0.717) is 41.3 Å². The van der Waals surface area contributed by atoms with E-state index in [9.17, 15) is 19.5 Å². The molecule has 6 aliphatic rings. The monoisotopic (exact) mass is 828 g/mol. The molecule has 58 heavy (non-hydrogen) atoms. The maximum atomic E-state index is 11.1. The van der Waals surface area contributed by atoms with Gasteiger partial charge in [-0.2, -0.15) is 0 Å². The molecule has 10 heteroatoms. The zero-order valence-corrected chi connectivity index (χ0v) is 41.0. The summed E-state index contributed by atoms with van der Waals surface area (Å²) in [6.07, 6.45) is 22.7. The van der Waals surface area contributed by atoms with E-state index in [1.54, 1.807) is 47.6 Å². The Morgan fingerprint density at radius 1 is 0.655 bits per heavy atom. The fourth-order valence-electron chi connectivity index (χ4n) is 12.1. The van der Waals surface area contributed by atoms with Crippen LogP contribution >= 0.6 is 7.82 Å². The summed E-state index contributed by atoms with van der Waals surface area (Å²) in [6.45, 7) is 4.59. The molecule has 2 saturated carbocycles. The van der Waals surface area contributed by atoms with Gasteiger partial charge in [0, 0.05) is 23.0 Å². The van der Waals surface area contributed by atoms with E-state index in [4.69, 9.17) is 9.47 Å². The van der Waals surface area contributed by atoms with Crippen LogP contribution in [0.5, 0.6) is 11.5 Å². The Labute approximate surface area is 392 Å². The number of rotatable bonds is 10. The summed E-state index contributed by atoms with van der Waals surface area (Å²) in [5.41, 5.74) is 11.7. The molecule has 7 nitrogen and oxygen atoms in total. The summed E-state index contributed by atoms with van der Waals surface area (Å²) in [4.78, 5) is 22.2. The van der Waals surface area contributed by atoms with Gasteiger partial charge < -0.3 is 33.5 Å². The number of phenols is 1. The Balaban J connectivity index is 0.000000215. The third-order valence-corrected chi connectivity index (χ3v) is 14.4. The molecule has 0 radical (unpaired) electrons. The van der Waals surface area contributed by atoms with Gasteiger partial charge in [-0.25, -0.2) is 0 Å². The number of phosphoric ester groups is 1. The fourth-order valence-corrected chi connectivity index (χ4v) is 12.5. The Morgan fingerprint density at radius 3 is 1.53 bits per heavy atom. The van der Waals surface area contributed by atoms with E-state index in [0.717, 1.165) is 29.1 Å². The number of phenolic OH excluding ortho intramolecular Hbond substituents is 1. The summed E-state index contributed by atoms with van der Waals surface area (Å²) in [5.74, 6) is 5.64. The smallest absolute Gasteiger partial charge is 0.780 e. The van der Waals surface area contributed by atoms with E-state index in [1.807, 2.05) is 30.9 Å². The van der Waals surface area contributed by atoms with Crippen LogP contribution in [-0.4, -0.2) is 19.3 Å². The number of allylic oxidation sites excluding steroid dienone is 6. The van der Waals surface area contributed by atoms with Crippen molar-refractivity contribution in [3.8, 4) is 11.5 Å². The summed E-state index contributed by atoms with van der Waals surface area (Å²) >= 11 is 0. The average molecular weight is 829 g/mol. The van der Waals surface area contributed by atoms with Gasteiger partial charge in [-0.05, 0) is 149 Å². The predicted octanol–water partition coefficient (Wildman–Crippen LogP) is 5.44. The molecule has 0 aromatic heterocycles. The van der Waals surface area contributed by atoms with Crippen molar-refractivity contribution in [3.63, 3.8) is 0 Å². The molecule has 6 unspecified atom stereocenters. The average Bonchev–Trinajstić information content (AvgIpc) is 3.19. The van der Waals surface area contributed by atoms with Gasteiger partial charge in [0.2, 0.25) is 0 Å². The number of hydrogen-bond donors (Lipinski definition) is 1. The van der Waals surface area contributed by atoms with Crippen LogP contribution in [0.3, 0.4) is 0 Å². The summed E-state index contributed by atoms with van der Waals surface area (Å²) in [6, 6.07) is 14.4. The number of fused-ring (bicyclic) bond motifs is 6. The van der Waals surface area contributed by atoms with Gasteiger partial charge in [-0.3, -0.25) is 0 Å². The summed E-state index contributed by atoms with van der Waals surface area (Å²) < 4.78 is 27.7. The minimum atomic E-state index is -5.10. The zero-order valence-electron chi connectivity index (χ0n) is 36.2. The van der Waals surface area contributed by atoms with Crippen molar-refractivity contribution in [1.82, 2.24) is 0 Å². The number of phosphoric acid groups is 1. The molecular weight excluding hydrogens is 765 g/mol. The molecule has 0 aliphatic heterocycles. The van der Waals surface area contributed by atoms with E-state index in [-0.39, 0.29) is 64.9 Å². The molecule has 0 heterocycles. The van der Waals surface area contributed by atoms with Gasteiger partial charge in [0.1, 0.15) is 30.8 Å². The first-order valence-electron chi connectivity index (χ1n) is 21.8. The van der Waals surface area contributed by atoms with E-state index in [1.165, 1.54) is 121 Å². The molecule has 2 aromatic rings. The fraction of sp³-hybridized carbons (Fsp3) is 0.583. The minimum Gasteiger partial charge on any atom is -0.780 e. The first kappa shape index (κ1) is 47.8. The third-order valence-electron chi connectivity index (χ3n) is 13.9. The van der Waals surface area contributed by atoms with Crippen LogP contribution in [0.4, 0.5) is 0 Å². The number of benzene rings is 2. The van der Waals surface area contributed by atoms with Crippen LogP contribution < -0.4 is 73.4 Å². The van der Waals surface area contributed by atoms with Gasteiger partial charge in [0.25, 0.3) is 0 Å². The quantitative estimate of drug-likeness (QED) is 0.147. The predicted molar refractivity (Wildman–Crippen MR) is 220 cm³/mol. The normalized spacial score (nSPS) is 28.0. The largest absolute Gasteiger partial charge is 1.00 e. The van der Waals surface area contributed by atoms with Crippen LogP contribution in [-0.2, 0) is 14.0 Å². The van der Waals surface area contributed by atoms with Gasteiger partial charge in [0.05, 0.1) is 14.2 Å². The Kier molecular flexibility index (Phi) is 17.9. The second-order valence-electron chi connectivity index (χ2n) is 17.1. The SMILES string of the molecule is CCCC1C2=C(CCCC2)C2CCCC1/C2=C(\OC)c1cccc(O)c1.CCCC1C2=C(CCCC2)C2CCCC1/C2=C(\OC)c1cccc(OP(=O)([O-])[O-])c1.[Na+].[Na+]. The van der Waals surface area contributed by atoms with Crippen LogP contribution in [0.1, 0.15) is 141 Å². The van der Waals surface area contributed by atoms with Gasteiger partial charge in [-0.1, -0.05) is 86.1 Å². The van der Waals surface area contributed by atoms with Crippen molar-refractivity contribution in [2.75, 3.05) is 14.2 Å². The van der Waals surface area contributed by atoms with Crippen LogP contribution in [0.2, 0.25) is 0 Å². The maximum Gasteiger partial charge on any atom is 1.00 e. The molecular formula is C48H63Na2O7P. The molecule has 1 N–H and O–H groups in total. The first-order valence-corrected chi connectivity index (χ1v) is 23.2. The van der Waals surface area contributed by atoms with Crippen molar-refractivity contribution in [2.24, 2.45) is 35.5 Å². The molecule has 2 fully saturated rings. The van der Waals surface area contributed by atoms with Crippen LogP contribution in [0, 0.1) is 35.5 Å².